The Labute approximate surface area is 144 Å². The summed E-state index contributed by atoms with van der Waals surface area (Å²) in [5.74, 6) is 1.05. The van der Waals surface area contributed by atoms with Gasteiger partial charge >= 0.3 is 6.09 Å². The van der Waals surface area contributed by atoms with Gasteiger partial charge in [-0.15, -0.1) is 0 Å². The Hall–Kier alpha value is -1.82. The number of anilines is 1. The van der Waals surface area contributed by atoms with Crippen molar-refractivity contribution in [3.63, 3.8) is 0 Å². The van der Waals surface area contributed by atoms with Crippen molar-refractivity contribution in [2.75, 3.05) is 38.0 Å². The number of fused-ring (bicyclic) bond motifs is 1. The molecule has 0 bridgehead atoms. The molecule has 24 heavy (non-hydrogen) atoms. The topological polar surface area (TPSA) is 57.7 Å². The van der Waals surface area contributed by atoms with Crippen molar-refractivity contribution >= 4 is 11.9 Å². The van der Waals surface area contributed by atoms with Crippen LogP contribution in [0.3, 0.4) is 0 Å². The van der Waals surface area contributed by atoms with Gasteiger partial charge in [-0.25, -0.2) is 9.78 Å². The number of nitrogens with zero attached hydrogens (tertiary/aromatic N) is 3. The maximum absolute atomic E-state index is 12.1. The van der Waals surface area contributed by atoms with Gasteiger partial charge in [-0.3, -0.25) is 4.90 Å². The van der Waals surface area contributed by atoms with Gasteiger partial charge in [0, 0.05) is 39.3 Å². The average molecular weight is 332 g/mol. The van der Waals surface area contributed by atoms with Gasteiger partial charge < -0.3 is 15.0 Å². The minimum absolute atomic E-state index is 0.210. The molecule has 2 aliphatic rings. The average Bonchev–Trinajstić information content (AvgIpc) is 2.54. The highest BCUT2D eigenvalue weighted by Gasteiger charge is 2.26. The van der Waals surface area contributed by atoms with Crippen molar-refractivity contribution in [1.82, 2.24) is 14.8 Å². The predicted octanol–water partition coefficient (Wildman–Crippen LogP) is 2.49. The normalized spacial score (nSPS) is 18.7. The molecule has 0 aliphatic carbocycles. The molecule has 1 saturated heterocycles. The molecular formula is C18H28N4O2. The fourth-order valence-corrected chi connectivity index (χ4v) is 3.10. The van der Waals surface area contributed by atoms with Gasteiger partial charge in [-0.05, 0) is 45.2 Å². The maximum Gasteiger partial charge on any atom is 0.410 e. The summed E-state index contributed by atoms with van der Waals surface area (Å²) in [5, 5.41) is 3.38. The molecule has 0 aromatic carbocycles. The Kier molecular flexibility index (Phi) is 4.94. The molecule has 6 heteroatoms. The smallest absolute Gasteiger partial charge is 0.410 e. The first-order valence-corrected chi connectivity index (χ1v) is 8.84. The standard InChI is InChI=1S/C18H28N4O2/c1-18(2,3)24-17(23)22-11-9-21(10-12-22)13-15-7-6-14-5-4-8-19-16(14)20-15/h6-7H,4-5,8-13H2,1-3H3,(H,19,20). The van der Waals surface area contributed by atoms with Crippen LogP contribution >= 0.6 is 0 Å². The van der Waals surface area contributed by atoms with E-state index in [1.54, 1.807) is 4.90 Å². The Morgan fingerprint density at radius 3 is 2.71 bits per heavy atom. The number of hydrogen-bond acceptors (Lipinski definition) is 5. The number of piperazine rings is 1. The molecule has 6 nitrogen and oxygen atoms in total. The summed E-state index contributed by atoms with van der Waals surface area (Å²) in [5.41, 5.74) is 1.97. The van der Waals surface area contributed by atoms with Crippen LogP contribution in [0, 0.1) is 0 Å². The van der Waals surface area contributed by atoms with Gasteiger partial charge in [0.05, 0.1) is 5.69 Å². The van der Waals surface area contributed by atoms with Crippen LogP contribution in [0.15, 0.2) is 12.1 Å². The molecular weight excluding hydrogens is 304 g/mol. The number of carbonyl (C=O) groups excluding carboxylic acids is 1. The highest BCUT2D eigenvalue weighted by atomic mass is 16.6. The highest BCUT2D eigenvalue weighted by Crippen LogP contribution is 2.20. The van der Waals surface area contributed by atoms with Crippen LogP contribution in [0.2, 0.25) is 0 Å². The number of aromatic nitrogens is 1. The molecule has 0 atom stereocenters. The van der Waals surface area contributed by atoms with Crippen molar-refractivity contribution in [3.8, 4) is 0 Å². The SMILES string of the molecule is CC(C)(C)OC(=O)N1CCN(Cc2ccc3c(n2)NCCC3)CC1. The first-order valence-electron chi connectivity index (χ1n) is 8.84. The van der Waals surface area contributed by atoms with Crippen LogP contribution in [0.1, 0.15) is 38.4 Å². The highest BCUT2D eigenvalue weighted by molar-refractivity contribution is 5.68. The summed E-state index contributed by atoms with van der Waals surface area (Å²) >= 11 is 0. The van der Waals surface area contributed by atoms with Crippen molar-refractivity contribution in [3.05, 3.63) is 23.4 Å². The zero-order chi connectivity index (χ0) is 17.2. The summed E-state index contributed by atoms with van der Waals surface area (Å²) in [6.07, 6.45) is 2.09. The van der Waals surface area contributed by atoms with E-state index in [-0.39, 0.29) is 6.09 Å². The van der Waals surface area contributed by atoms with Crippen molar-refractivity contribution < 1.29 is 9.53 Å². The van der Waals surface area contributed by atoms with Crippen molar-refractivity contribution in [2.24, 2.45) is 0 Å². The minimum Gasteiger partial charge on any atom is -0.444 e. The van der Waals surface area contributed by atoms with Crippen molar-refractivity contribution in [1.29, 1.82) is 0 Å². The van der Waals surface area contributed by atoms with E-state index in [0.29, 0.717) is 13.1 Å². The van der Waals surface area contributed by atoms with Gasteiger partial charge in [0.15, 0.2) is 0 Å². The van der Waals surface area contributed by atoms with E-state index in [1.165, 1.54) is 12.0 Å². The van der Waals surface area contributed by atoms with E-state index in [9.17, 15) is 4.79 Å². The quantitative estimate of drug-likeness (QED) is 0.902. The van der Waals surface area contributed by atoms with Gasteiger partial charge in [0.1, 0.15) is 11.4 Å². The molecule has 0 spiro atoms. The van der Waals surface area contributed by atoms with E-state index in [0.717, 1.165) is 44.1 Å². The first kappa shape index (κ1) is 17.0. The lowest BCUT2D eigenvalue weighted by Gasteiger charge is -2.35. The van der Waals surface area contributed by atoms with Gasteiger partial charge in [0.25, 0.3) is 0 Å². The van der Waals surface area contributed by atoms with Gasteiger partial charge in [-0.2, -0.15) is 0 Å². The summed E-state index contributed by atoms with van der Waals surface area (Å²) < 4.78 is 5.44. The summed E-state index contributed by atoms with van der Waals surface area (Å²) in [6.45, 7) is 10.7. The summed E-state index contributed by atoms with van der Waals surface area (Å²) in [6, 6.07) is 4.33. The van der Waals surface area contributed by atoms with E-state index in [4.69, 9.17) is 9.72 Å². The molecule has 1 aromatic rings. The Bertz CT molecular complexity index is 589. The van der Waals surface area contributed by atoms with Crippen LogP contribution in [-0.2, 0) is 17.7 Å². The fourth-order valence-electron chi connectivity index (χ4n) is 3.10. The number of carbonyl (C=O) groups is 1. The summed E-state index contributed by atoms with van der Waals surface area (Å²) in [4.78, 5) is 21.0. The molecule has 3 rings (SSSR count). The van der Waals surface area contributed by atoms with E-state index in [1.807, 2.05) is 20.8 Å². The molecule has 0 saturated carbocycles. The van der Waals surface area contributed by atoms with E-state index in [2.05, 4.69) is 22.3 Å². The number of pyridine rings is 1. The maximum atomic E-state index is 12.1. The Balaban J connectivity index is 1.51. The van der Waals surface area contributed by atoms with Crippen LogP contribution in [-0.4, -0.2) is 59.2 Å². The number of ether oxygens (including phenoxy) is 1. The summed E-state index contributed by atoms with van der Waals surface area (Å²) in [7, 11) is 0. The monoisotopic (exact) mass is 332 g/mol. The number of rotatable bonds is 2. The molecule has 3 heterocycles. The van der Waals surface area contributed by atoms with Crippen LogP contribution in [0.4, 0.5) is 10.6 Å². The first-order chi connectivity index (χ1) is 11.4. The minimum atomic E-state index is -0.436. The molecule has 132 valence electrons. The van der Waals surface area contributed by atoms with Gasteiger partial charge in [0.2, 0.25) is 0 Å². The lowest BCUT2D eigenvalue weighted by molar-refractivity contribution is 0.0138. The Morgan fingerprint density at radius 1 is 1.25 bits per heavy atom. The molecule has 1 fully saturated rings. The number of aryl methyl sites for hydroxylation is 1. The van der Waals surface area contributed by atoms with Crippen LogP contribution in [0.5, 0.6) is 0 Å². The lowest BCUT2D eigenvalue weighted by Crippen LogP contribution is -2.49. The Morgan fingerprint density at radius 2 is 2.00 bits per heavy atom. The molecule has 1 aromatic heterocycles. The molecule has 2 aliphatic heterocycles. The van der Waals surface area contributed by atoms with Crippen LogP contribution in [0.25, 0.3) is 0 Å². The third-order valence-electron chi connectivity index (χ3n) is 4.36. The van der Waals surface area contributed by atoms with E-state index < -0.39 is 5.60 Å². The van der Waals surface area contributed by atoms with Gasteiger partial charge in [-0.1, -0.05) is 6.07 Å². The molecule has 1 amide bonds. The van der Waals surface area contributed by atoms with E-state index >= 15 is 0 Å². The third-order valence-corrected chi connectivity index (χ3v) is 4.36. The second kappa shape index (κ2) is 6.97. The predicted molar refractivity (Wildman–Crippen MR) is 94.1 cm³/mol. The second-order valence-electron chi connectivity index (χ2n) is 7.58. The second-order valence-corrected chi connectivity index (χ2v) is 7.58. The fraction of sp³-hybridized carbons (Fsp3) is 0.667. The molecule has 0 radical (unpaired) electrons. The van der Waals surface area contributed by atoms with Crippen molar-refractivity contribution in [2.45, 2.75) is 45.8 Å². The largest absolute Gasteiger partial charge is 0.444 e. The number of amides is 1. The molecule has 0 unspecified atom stereocenters. The lowest BCUT2D eigenvalue weighted by atomic mass is 10.1. The number of nitrogens with one attached hydrogen (secondary N) is 1. The molecule has 1 N–H and O–H groups in total. The number of hydrogen-bond donors (Lipinski definition) is 1. The zero-order valence-corrected chi connectivity index (χ0v) is 15.0. The third kappa shape index (κ3) is 4.38. The van der Waals surface area contributed by atoms with Crippen LogP contribution < -0.4 is 5.32 Å². The zero-order valence-electron chi connectivity index (χ0n) is 15.0.